The molecule has 3 heterocycles. The van der Waals surface area contributed by atoms with E-state index < -0.39 is 12.0 Å². The van der Waals surface area contributed by atoms with Crippen molar-refractivity contribution in [3.05, 3.63) is 76.4 Å². The number of nitrogens with zero attached hydrogens (tertiary/aromatic N) is 2. The Bertz CT molecular complexity index is 1100. The van der Waals surface area contributed by atoms with E-state index in [1.807, 2.05) is 34.6 Å². The Balaban J connectivity index is 1.62. The number of esters is 1. The lowest BCUT2D eigenvalue weighted by molar-refractivity contribution is -0.136. The fourth-order valence-electron chi connectivity index (χ4n) is 3.67. The van der Waals surface area contributed by atoms with Crippen LogP contribution in [0.25, 0.3) is 0 Å². The summed E-state index contributed by atoms with van der Waals surface area (Å²) in [6.07, 6.45) is 1.70. The van der Waals surface area contributed by atoms with Crippen LogP contribution in [0, 0.1) is 0 Å². The van der Waals surface area contributed by atoms with Crippen molar-refractivity contribution in [2.75, 3.05) is 14.2 Å². The molecule has 1 amide bonds. The van der Waals surface area contributed by atoms with Gasteiger partial charge in [-0.15, -0.1) is 0 Å². The molecule has 32 heavy (non-hydrogen) atoms. The van der Waals surface area contributed by atoms with Gasteiger partial charge in [0.15, 0.2) is 5.17 Å². The molecule has 1 N–H and O–H groups in total. The van der Waals surface area contributed by atoms with Crippen molar-refractivity contribution in [2.45, 2.75) is 25.9 Å². The molecule has 0 radical (unpaired) electrons. The maximum atomic E-state index is 12.7. The van der Waals surface area contributed by atoms with Crippen LogP contribution in [0.2, 0.25) is 0 Å². The molecule has 9 heteroatoms. The van der Waals surface area contributed by atoms with Crippen LogP contribution in [0.5, 0.6) is 5.75 Å². The minimum absolute atomic E-state index is 0.132. The number of thioether (sulfide) groups is 1. The van der Waals surface area contributed by atoms with Crippen LogP contribution < -0.4 is 10.1 Å². The molecule has 0 fully saturated rings. The number of rotatable bonds is 7. The molecule has 1 unspecified atom stereocenters. The van der Waals surface area contributed by atoms with Gasteiger partial charge in [-0.05, 0) is 42.2 Å². The second-order valence-electron chi connectivity index (χ2n) is 7.19. The summed E-state index contributed by atoms with van der Waals surface area (Å²) in [6, 6.07) is 10.6. The number of amidine groups is 1. The summed E-state index contributed by atoms with van der Waals surface area (Å²) in [5.74, 6) is 0.775. The quantitative estimate of drug-likeness (QED) is 0.638. The lowest BCUT2D eigenvalue weighted by Gasteiger charge is -2.36. The fourth-order valence-corrected chi connectivity index (χ4v) is 4.63. The molecule has 0 bridgehead atoms. The number of carbonyl (C=O) groups is 2. The van der Waals surface area contributed by atoms with Crippen LogP contribution in [0.3, 0.4) is 0 Å². The van der Waals surface area contributed by atoms with Gasteiger partial charge in [-0.2, -0.15) is 0 Å². The molecular formula is C23H23N3O5S. The second kappa shape index (κ2) is 9.35. The van der Waals surface area contributed by atoms with E-state index in [9.17, 15) is 9.59 Å². The zero-order valence-corrected chi connectivity index (χ0v) is 18.8. The van der Waals surface area contributed by atoms with Crippen molar-refractivity contribution in [1.29, 1.82) is 0 Å². The van der Waals surface area contributed by atoms with Gasteiger partial charge < -0.3 is 24.1 Å². The van der Waals surface area contributed by atoms with Gasteiger partial charge in [-0.1, -0.05) is 23.9 Å². The summed E-state index contributed by atoms with van der Waals surface area (Å²) in [4.78, 5) is 31.9. The highest BCUT2D eigenvalue weighted by molar-refractivity contribution is 8.16. The highest BCUT2D eigenvalue weighted by Crippen LogP contribution is 2.45. The molecule has 2 aliphatic rings. The van der Waals surface area contributed by atoms with E-state index in [1.54, 1.807) is 32.4 Å². The van der Waals surface area contributed by atoms with Crippen molar-refractivity contribution >= 4 is 28.8 Å². The number of nitrogens with one attached hydrogen (secondary N) is 1. The highest BCUT2D eigenvalue weighted by atomic mass is 32.2. The van der Waals surface area contributed by atoms with Crippen molar-refractivity contribution in [3.8, 4) is 5.75 Å². The molecular weight excluding hydrogens is 430 g/mol. The van der Waals surface area contributed by atoms with Gasteiger partial charge in [0.05, 0.1) is 50.8 Å². The Labute approximate surface area is 190 Å². The summed E-state index contributed by atoms with van der Waals surface area (Å²) in [6.45, 7) is 2.10. The van der Waals surface area contributed by atoms with Gasteiger partial charge in [0.25, 0.3) is 0 Å². The maximum absolute atomic E-state index is 12.7. The van der Waals surface area contributed by atoms with Crippen molar-refractivity contribution in [2.24, 2.45) is 4.99 Å². The van der Waals surface area contributed by atoms with E-state index in [2.05, 4.69) is 10.3 Å². The number of fused-ring (bicyclic) bond motifs is 1. The van der Waals surface area contributed by atoms with E-state index in [0.717, 1.165) is 11.3 Å². The van der Waals surface area contributed by atoms with Gasteiger partial charge in [-0.25, -0.2) is 9.79 Å². The Morgan fingerprint density at radius 3 is 2.66 bits per heavy atom. The van der Waals surface area contributed by atoms with Gasteiger partial charge in [0.2, 0.25) is 5.91 Å². The lowest BCUT2D eigenvalue weighted by atomic mass is 9.94. The first-order chi connectivity index (χ1) is 15.5. The van der Waals surface area contributed by atoms with Crippen LogP contribution in [0.15, 0.2) is 74.4 Å². The number of amides is 1. The molecule has 2 aromatic rings. The molecule has 0 aliphatic carbocycles. The number of hydrogen-bond donors (Lipinski definition) is 1. The van der Waals surface area contributed by atoms with Crippen molar-refractivity contribution in [1.82, 2.24) is 10.2 Å². The Morgan fingerprint density at radius 2 is 2.00 bits per heavy atom. The molecule has 0 saturated carbocycles. The van der Waals surface area contributed by atoms with E-state index in [-0.39, 0.29) is 12.3 Å². The Hall–Kier alpha value is -3.46. The third-order valence-corrected chi connectivity index (χ3v) is 6.11. The summed E-state index contributed by atoms with van der Waals surface area (Å²) >= 11 is 1.43. The number of allylic oxidation sites excluding steroid dienone is 1. The second-order valence-corrected chi connectivity index (χ2v) is 8.03. The number of furan rings is 1. The number of aliphatic imine (C=N–C) groups is 1. The van der Waals surface area contributed by atoms with Crippen molar-refractivity contribution in [3.63, 3.8) is 0 Å². The molecule has 1 atom stereocenters. The summed E-state index contributed by atoms with van der Waals surface area (Å²) in [5, 5.41) is 5.47. The third-order valence-electron chi connectivity index (χ3n) is 5.22. The number of methoxy groups -OCH3 is 2. The summed E-state index contributed by atoms with van der Waals surface area (Å²) in [7, 11) is 2.95. The molecule has 1 aromatic carbocycles. The Morgan fingerprint density at radius 1 is 1.22 bits per heavy atom. The minimum atomic E-state index is -0.472. The normalized spacial score (nSPS) is 17.5. The maximum Gasteiger partial charge on any atom is 0.338 e. The lowest BCUT2D eigenvalue weighted by Crippen LogP contribution is -2.37. The highest BCUT2D eigenvalue weighted by Gasteiger charge is 2.40. The molecule has 166 valence electrons. The van der Waals surface area contributed by atoms with Crippen LogP contribution in [0.4, 0.5) is 0 Å². The van der Waals surface area contributed by atoms with Crippen molar-refractivity contribution < 1.29 is 23.5 Å². The van der Waals surface area contributed by atoms with E-state index in [4.69, 9.17) is 13.9 Å². The third kappa shape index (κ3) is 4.29. The zero-order chi connectivity index (χ0) is 22.7. The van der Waals surface area contributed by atoms with E-state index in [1.165, 1.54) is 18.9 Å². The minimum Gasteiger partial charge on any atom is -0.497 e. The van der Waals surface area contributed by atoms with Gasteiger partial charge in [0.1, 0.15) is 11.5 Å². The first-order valence-electron chi connectivity index (χ1n) is 9.97. The number of ether oxygens (including phenoxy) is 2. The summed E-state index contributed by atoms with van der Waals surface area (Å²) in [5.41, 5.74) is 2.64. The monoisotopic (exact) mass is 453 g/mol. The average Bonchev–Trinajstić information content (AvgIpc) is 3.46. The molecule has 0 spiro atoms. The predicted molar refractivity (Wildman–Crippen MR) is 121 cm³/mol. The van der Waals surface area contributed by atoms with Crippen LogP contribution in [0.1, 0.15) is 30.7 Å². The van der Waals surface area contributed by atoms with Gasteiger partial charge >= 0.3 is 5.97 Å². The van der Waals surface area contributed by atoms with Gasteiger partial charge in [0, 0.05) is 5.70 Å². The first kappa shape index (κ1) is 21.8. The molecule has 8 nitrogen and oxygen atoms in total. The standard InChI is InChI=1S/C23H23N3O5S/c1-14-20(22(28)30-3)21(15-6-8-17(29-2)9-7-15)26-16(13-32-23(26)25-14)11-19(27)24-12-18-5-4-10-31-18/h4-10,13,21H,11-12H2,1-3H3,(H,24,27). The average molecular weight is 454 g/mol. The molecule has 2 aliphatic heterocycles. The SMILES string of the molecule is COC(=O)C1=C(C)N=C2SC=C(CC(=O)NCc3ccco3)N2C1c1ccc(OC)cc1. The number of hydrogen-bond acceptors (Lipinski definition) is 8. The van der Waals surface area contributed by atoms with E-state index >= 15 is 0 Å². The zero-order valence-electron chi connectivity index (χ0n) is 18.0. The van der Waals surface area contributed by atoms with Crippen LogP contribution in [-0.4, -0.2) is 36.2 Å². The molecule has 1 aromatic heterocycles. The Kier molecular flexibility index (Phi) is 6.36. The topological polar surface area (TPSA) is 93.4 Å². The number of benzene rings is 1. The molecule has 4 rings (SSSR count). The largest absolute Gasteiger partial charge is 0.497 e. The predicted octanol–water partition coefficient (Wildman–Crippen LogP) is 3.74. The first-order valence-corrected chi connectivity index (χ1v) is 10.9. The number of carbonyl (C=O) groups excluding carboxylic acids is 2. The smallest absolute Gasteiger partial charge is 0.338 e. The van der Waals surface area contributed by atoms with Gasteiger partial charge in [-0.3, -0.25) is 4.79 Å². The van der Waals surface area contributed by atoms with E-state index in [0.29, 0.717) is 34.5 Å². The molecule has 0 saturated heterocycles. The summed E-state index contributed by atoms with van der Waals surface area (Å²) < 4.78 is 15.6. The van der Waals surface area contributed by atoms with Crippen LogP contribution in [-0.2, 0) is 20.9 Å². The van der Waals surface area contributed by atoms with Crippen LogP contribution >= 0.6 is 11.8 Å². The fraction of sp³-hybridized carbons (Fsp3) is 0.261.